The van der Waals surface area contributed by atoms with Gasteiger partial charge in [0.15, 0.2) is 5.60 Å². The number of aromatic nitrogens is 2. The third-order valence-corrected chi connectivity index (χ3v) is 13.3. The molecule has 8 nitrogen and oxygen atoms in total. The lowest BCUT2D eigenvalue weighted by Gasteiger charge is -2.45. The molecular formula is C41H43N4O4P. The molecular weight excluding hydrogens is 643 g/mol. The predicted octanol–water partition coefficient (Wildman–Crippen LogP) is 7.22. The average Bonchev–Trinajstić information content (AvgIpc) is 3.61. The number of carbonyl (C=O) groups is 2. The number of ether oxygens (including phenoxy) is 1. The van der Waals surface area contributed by atoms with Crippen LogP contribution in [0.15, 0.2) is 126 Å². The van der Waals surface area contributed by atoms with Gasteiger partial charge in [-0.25, -0.2) is 4.79 Å². The summed E-state index contributed by atoms with van der Waals surface area (Å²) in [4.78, 5) is 28.9. The Hall–Kier alpha value is -5.25. The Kier molecular flexibility index (Phi) is 11.2. The Balaban J connectivity index is 1.86. The molecule has 0 aliphatic rings. The molecule has 0 fully saturated rings. The van der Waals surface area contributed by atoms with Crippen molar-refractivity contribution in [2.45, 2.75) is 59.0 Å². The van der Waals surface area contributed by atoms with Crippen LogP contribution in [0.1, 0.15) is 52.8 Å². The van der Waals surface area contributed by atoms with Gasteiger partial charge in [-0.05, 0) is 53.2 Å². The number of unbranched alkanes of at least 4 members (excludes halogenated alkanes) is 1. The molecule has 50 heavy (non-hydrogen) atoms. The van der Waals surface area contributed by atoms with Gasteiger partial charge in [-0.3, -0.25) is 4.79 Å². The predicted molar refractivity (Wildman–Crippen MR) is 200 cm³/mol. The molecule has 2 N–H and O–H groups in total. The zero-order valence-corrected chi connectivity index (χ0v) is 29.8. The second-order valence-corrected chi connectivity index (χ2v) is 16.7. The average molecular weight is 687 g/mol. The number of Topliss-reactive ketones (excluding diaryl/α,β-unsaturated/α-hetero) is 1. The molecule has 0 spiro atoms. The van der Waals surface area contributed by atoms with Crippen LogP contribution in [0.3, 0.4) is 0 Å². The number of amides is 1. The van der Waals surface area contributed by atoms with Gasteiger partial charge in [0, 0.05) is 17.9 Å². The summed E-state index contributed by atoms with van der Waals surface area (Å²) in [6.45, 7) is 4.75. The molecule has 1 unspecified atom stereocenters. The van der Waals surface area contributed by atoms with Gasteiger partial charge in [0.1, 0.15) is 11.4 Å². The summed E-state index contributed by atoms with van der Waals surface area (Å²) in [5.41, 5.74) is 4.11. The van der Waals surface area contributed by atoms with Crippen LogP contribution in [0, 0.1) is 22.7 Å². The van der Waals surface area contributed by atoms with Gasteiger partial charge in [0.2, 0.25) is 17.6 Å². The number of nitrogens with zero attached hydrogens (tertiary/aromatic N) is 3. The number of ketones is 1. The smallest absolute Gasteiger partial charge is 0.405 e. The Bertz CT molecular complexity index is 1900. The molecule has 0 saturated heterocycles. The largest absolute Gasteiger partial charge is 0.434 e. The number of hydrogen-bond acceptors (Lipinski definition) is 7. The first-order chi connectivity index (χ1) is 24.1. The molecule has 0 saturated carbocycles. The first-order valence-electron chi connectivity index (χ1n) is 16.8. The fourth-order valence-corrected chi connectivity index (χ4v) is 11.1. The van der Waals surface area contributed by atoms with Crippen molar-refractivity contribution in [3.05, 3.63) is 127 Å². The number of nitrogens with two attached hydrogens (primary N) is 1. The van der Waals surface area contributed by atoms with Gasteiger partial charge >= 0.3 is 6.09 Å². The van der Waals surface area contributed by atoms with E-state index >= 15 is 4.79 Å². The van der Waals surface area contributed by atoms with E-state index in [0.717, 1.165) is 21.5 Å². The fourth-order valence-electron chi connectivity index (χ4n) is 6.88. The van der Waals surface area contributed by atoms with E-state index in [1.165, 1.54) is 0 Å². The molecule has 5 rings (SSSR count). The normalized spacial score (nSPS) is 13.4. The maximum Gasteiger partial charge on any atom is 0.405 e. The first kappa shape index (κ1) is 36.0. The topological polar surface area (TPSA) is 132 Å². The van der Waals surface area contributed by atoms with E-state index in [9.17, 15) is 10.1 Å². The monoisotopic (exact) mass is 686 g/mol. The van der Waals surface area contributed by atoms with E-state index < -0.39 is 35.7 Å². The lowest BCUT2D eigenvalue weighted by atomic mass is 9.65. The maximum absolute atomic E-state index is 15.9. The van der Waals surface area contributed by atoms with Crippen molar-refractivity contribution in [3.8, 4) is 17.5 Å². The molecule has 0 aliphatic heterocycles. The van der Waals surface area contributed by atoms with Gasteiger partial charge in [-0.2, -0.15) is 5.26 Å². The van der Waals surface area contributed by atoms with Crippen LogP contribution >= 0.6 is 6.89 Å². The minimum Gasteiger partial charge on any atom is -0.434 e. The maximum atomic E-state index is 15.9. The summed E-state index contributed by atoms with van der Waals surface area (Å²) in [6.07, 6.45) is 0.357. The lowest BCUT2D eigenvalue weighted by molar-refractivity contribution is -0.143. The second kappa shape index (κ2) is 15.5. The summed E-state index contributed by atoms with van der Waals surface area (Å²) >= 11 is 0. The molecule has 2 atom stereocenters. The van der Waals surface area contributed by atoms with E-state index in [1.807, 2.05) is 149 Å². The van der Waals surface area contributed by atoms with Gasteiger partial charge in [-0.1, -0.05) is 143 Å². The summed E-state index contributed by atoms with van der Waals surface area (Å²) in [7, 11) is 0. The number of hydrogen-bond donors (Lipinski definition) is 1. The molecule has 9 heteroatoms. The van der Waals surface area contributed by atoms with Crippen LogP contribution in [-0.2, 0) is 16.0 Å². The zero-order chi connectivity index (χ0) is 35.8. The summed E-state index contributed by atoms with van der Waals surface area (Å²) < 4.78 is 12.4. The number of rotatable bonds is 13. The molecule has 1 amide bonds. The van der Waals surface area contributed by atoms with E-state index in [0.29, 0.717) is 18.7 Å². The highest BCUT2D eigenvalue weighted by Gasteiger charge is 2.55. The van der Waals surface area contributed by atoms with Crippen molar-refractivity contribution in [1.82, 2.24) is 10.2 Å². The molecule has 1 heterocycles. The highest BCUT2D eigenvalue weighted by Crippen LogP contribution is 2.50. The number of carbonyl (C=O) groups excluding carboxylic acids is 2. The van der Waals surface area contributed by atoms with Gasteiger partial charge in [0.05, 0.1) is 0 Å². The Morgan fingerprint density at radius 3 is 1.72 bits per heavy atom. The summed E-state index contributed by atoms with van der Waals surface area (Å²) in [5.74, 6) is -0.682. The van der Waals surface area contributed by atoms with Gasteiger partial charge in [0.25, 0.3) is 0 Å². The molecule has 0 radical (unpaired) electrons. The highest BCUT2D eigenvalue weighted by atomic mass is 31.2. The van der Waals surface area contributed by atoms with Crippen molar-refractivity contribution in [2.75, 3.05) is 0 Å². The van der Waals surface area contributed by atoms with Gasteiger partial charge < -0.3 is 14.9 Å². The SMILES string of the molecule is CCCC[C@@](OC(N)=O)(C(=O)C(C#N)=P(c1ccccc1)(c1ccccc1)c1ccccc1)C(Cc1nnc(-c2ccccc2)o1)C(C)(C)C. The van der Waals surface area contributed by atoms with E-state index in [1.54, 1.807) is 0 Å². The van der Waals surface area contributed by atoms with Crippen molar-refractivity contribution in [2.24, 2.45) is 17.1 Å². The van der Waals surface area contributed by atoms with Crippen LogP contribution in [0.5, 0.6) is 0 Å². The Morgan fingerprint density at radius 2 is 1.30 bits per heavy atom. The van der Waals surface area contributed by atoms with Crippen molar-refractivity contribution < 1.29 is 18.7 Å². The third kappa shape index (κ3) is 7.20. The first-order valence-corrected chi connectivity index (χ1v) is 18.6. The van der Waals surface area contributed by atoms with Crippen LogP contribution in [-0.4, -0.2) is 33.0 Å². The number of benzene rings is 4. The van der Waals surface area contributed by atoms with Crippen molar-refractivity contribution >= 4 is 40.0 Å². The van der Waals surface area contributed by atoms with Crippen LogP contribution in [0.2, 0.25) is 0 Å². The quantitative estimate of drug-likeness (QED) is 0.129. The molecule has 0 bridgehead atoms. The zero-order valence-electron chi connectivity index (χ0n) is 29.0. The number of nitriles is 1. The minimum atomic E-state index is -3.18. The summed E-state index contributed by atoms with van der Waals surface area (Å²) in [6, 6.07) is 40.8. The molecule has 0 aliphatic carbocycles. The fraction of sp³-hybridized carbons (Fsp3) is 0.268. The summed E-state index contributed by atoms with van der Waals surface area (Å²) in [5, 5.41) is 22.5. The van der Waals surface area contributed by atoms with E-state index in [-0.39, 0.29) is 24.0 Å². The standard InChI is InChI=1S/C41H43N4O4P/c1-5-6-27-41(49-39(43)47,35(40(2,3)4)28-36-44-45-38(48-36)30-19-11-7-12-20-30)37(46)34(29-42)50(31-21-13-8-14-22-31,32-23-15-9-16-24-32)33-25-17-10-18-26-33/h7-26,35H,5-6,27-28H2,1-4H3,(H2,43,47)/t35?,41-/m0/s1. The van der Waals surface area contributed by atoms with Crippen LogP contribution < -0.4 is 21.6 Å². The highest BCUT2D eigenvalue weighted by molar-refractivity contribution is 7.97. The van der Waals surface area contributed by atoms with Gasteiger partial charge in [-0.15, -0.1) is 10.2 Å². The third-order valence-electron chi connectivity index (χ3n) is 9.13. The Labute approximate surface area is 294 Å². The Morgan fingerprint density at radius 1 is 0.820 bits per heavy atom. The molecule has 1 aromatic heterocycles. The second-order valence-electron chi connectivity index (χ2n) is 13.4. The molecule has 4 aromatic carbocycles. The lowest BCUT2D eigenvalue weighted by Crippen LogP contribution is -2.58. The molecule has 256 valence electrons. The van der Waals surface area contributed by atoms with Crippen molar-refractivity contribution in [3.63, 3.8) is 0 Å². The molecule has 5 aromatic rings. The van der Waals surface area contributed by atoms with Crippen LogP contribution in [0.4, 0.5) is 4.79 Å². The van der Waals surface area contributed by atoms with E-state index in [2.05, 4.69) is 16.3 Å². The van der Waals surface area contributed by atoms with Crippen molar-refractivity contribution in [1.29, 1.82) is 5.26 Å². The van der Waals surface area contributed by atoms with Crippen LogP contribution in [0.25, 0.3) is 11.5 Å². The number of primary amides is 1. The minimum absolute atomic E-state index is 0.0169. The van der Waals surface area contributed by atoms with E-state index in [4.69, 9.17) is 14.9 Å².